The molecule has 1 heterocycles. The number of anilines is 1. The predicted octanol–water partition coefficient (Wildman–Crippen LogP) is 0.350. The van der Waals surface area contributed by atoms with Crippen LogP contribution in [-0.2, 0) is 10.4 Å². The molecule has 1 amide bonds. The average molecular weight is 174 g/mol. The van der Waals surface area contributed by atoms with Crippen LogP contribution in [0.3, 0.4) is 0 Å². The number of nitriles is 1. The molecule has 0 saturated heterocycles. The fraction of sp³-hybridized carbons (Fsp3) is 0.111. The summed E-state index contributed by atoms with van der Waals surface area (Å²) < 4.78 is 0. The Kier molecular flexibility index (Phi) is 1.38. The lowest BCUT2D eigenvalue weighted by atomic mass is 9.97. The molecule has 1 aliphatic heterocycles. The Labute approximate surface area is 74.4 Å². The van der Waals surface area contributed by atoms with Crippen LogP contribution in [0.4, 0.5) is 5.69 Å². The molecule has 1 atom stereocenters. The van der Waals surface area contributed by atoms with E-state index in [1.54, 1.807) is 30.3 Å². The minimum Gasteiger partial charge on any atom is -0.364 e. The van der Waals surface area contributed by atoms with Gasteiger partial charge in [0.2, 0.25) is 0 Å². The number of carbonyl (C=O) groups excluding carboxylic acids is 1. The number of fused-ring (bicyclic) bond motifs is 1. The number of aliphatic hydroxyl groups is 1. The predicted molar refractivity (Wildman–Crippen MR) is 44.6 cm³/mol. The summed E-state index contributed by atoms with van der Waals surface area (Å²) in [5.74, 6) is -0.684. The number of carbonyl (C=O) groups is 1. The number of hydrogen-bond acceptors (Lipinski definition) is 3. The third-order valence-corrected chi connectivity index (χ3v) is 2.06. The molecule has 2 rings (SSSR count). The zero-order valence-electron chi connectivity index (χ0n) is 6.61. The Balaban J connectivity index is 2.67. The molecule has 0 aromatic heterocycles. The van der Waals surface area contributed by atoms with Crippen LogP contribution in [0.5, 0.6) is 0 Å². The molecule has 0 spiro atoms. The standard InChI is InChI=1S/C9H6N2O2/c10-5-9(13)6-3-1-2-4-7(6)11-8(9)12/h1-4,13H,(H,11,12). The highest BCUT2D eigenvalue weighted by atomic mass is 16.3. The van der Waals surface area contributed by atoms with E-state index < -0.39 is 11.5 Å². The van der Waals surface area contributed by atoms with Gasteiger partial charge in [-0.05, 0) is 6.07 Å². The molecule has 4 heteroatoms. The second kappa shape index (κ2) is 2.31. The Morgan fingerprint density at radius 1 is 1.46 bits per heavy atom. The van der Waals surface area contributed by atoms with Gasteiger partial charge in [0.1, 0.15) is 6.07 Å². The largest absolute Gasteiger partial charge is 0.364 e. The van der Waals surface area contributed by atoms with Crippen molar-refractivity contribution in [2.45, 2.75) is 5.60 Å². The molecule has 1 unspecified atom stereocenters. The van der Waals surface area contributed by atoms with Crippen molar-refractivity contribution in [3.63, 3.8) is 0 Å². The molecule has 1 aromatic rings. The molecule has 4 nitrogen and oxygen atoms in total. The third-order valence-electron chi connectivity index (χ3n) is 2.06. The van der Waals surface area contributed by atoms with Gasteiger partial charge in [-0.1, -0.05) is 18.2 Å². The van der Waals surface area contributed by atoms with Gasteiger partial charge in [-0.25, -0.2) is 0 Å². The van der Waals surface area contributed by atoms with E-state index in [1.807, 2.05) is 0 Å². The number of nitrogens with one attached hydrogen (secondary N) is 1. The number of para-hydroxylation sites is 1. The second-order valence-corrected chi connectivity index (χ2v) is 2.82. The summed E-state index contributed by atoms with van der Waals surface area (Å²) in [4.78, 5) is 11.2. The van der Waals surface area contributed by atoms with Crippen LogP contribution in [0.15, 0.2) is 24.3 Å². The van der Waals surface area contributed by atoms with Gasteiger partial charge in [-0.2, -0.15) is 5.26 Å². The first-order valence-electron chi connectivity index (χ1n) is 3.73. The SMILES string of the molecule is N#CC1(O)C(=O)Nc2ccccc21. The summed E-state index contributed by atoms with van der Waals surface area (Å²) in [6.07, 6.45) is 0. The summed E-state index contributed by atoms with van der Waals surface area (Å²) in [6, 6.07) is 8.18. The van der Waals surface area contributed by atoms with Crippen molar-refractivity contribution >= 4 is 11.6 Å². The van der Waals surface area contributed by atoms with Gasteiger partial charge in [-0.15, -0.1) is 0 Å². The molecular formula is C9H6N2O2. The maximum atomic E-state index is 11.2. The van der Waals surface area contributed by atoms with Gasteiger partial charge in [0.15, 0.2) is 0 Å². The number of hydrogen-bond donors (Lipinski definition) is 2. The van der Waals surface area contributed by atoms with E-state index in [9.17, 15) is 9.90 Å². The van der Waals surface area contributed by atoms with Crippen molar-refractivity contribution in [1.29, 1.82) is 5.26 Å². The number of amides is 1. The van der Waals surface area contributed by atoms with Crippen LogP contribution < -0.4 is 5.32 Å². The first kappa shape index (κ1) is 7.77. The molecular weight excluding hydrogens is 168 g/mol. The molecule has 0 bridgehead atoms. The van der Waals surface area contributed by atoms with Crippen molar-refractivity contribution in [3.8, 4) is 6.07 Å². The Morgan fingerprint density at radius 3 is 2.85 bits per heavy atom. The average Bonchev–Trinajstić information content (AvgIpc) is 2.41. The lowest BCUT2D eigenvalue weighted by molar-refractivity contribution is -0.128. The Morgan fingerprint density at radius 2 is 2.15 bits per heavy atom. The van der Waals surface area contributed by atoms with E-state index in [4.69, 9.17) is 5.26 Å². The zero-order valence-corrected chi connectivity index (χ0v) is 6.61. The van der Waals surface area contributed by atoms with Gasteiger partial charge >= 0.3 is 0 Å². The minimum atomic E-state index is -2.02. The van der Waals surface area contributed by atoms with Crippen LogP contribution in [0, 0.1) is 11.3 Å². The molecule has 0 saturated carbocycles. The van der Waals surface area contributed by atoms with Crippen LogP contribution in [-0.4, -0.2) is 11.0 Å². The van der Waals surface area contributed by atoms with Crippen molar-refractivity contribution in [1.82, 2.24) is 0 Å². The minimum absolute atomic E-state index is 0.322. The van der Waals surface area contributed by atoms with E-state index >= 15 is 0 Å². The number of rotatable bonds is 0. The smallest absolute Gasteiger partial charge is 0.276 e. The van der Waals surface area contributed by atoms with Crippen molar-refractivity contribution < 1.29 is 9.90 Å². The molecule has 0 radical (unpaired) electrons. The molecule has 0 fully saturated rings. The maximum Gasteiger partial charge on any atom is 0.276 e. The summed E-state index contributed by atoms with van der Waals surface area (Å²) in [5, 5.41) is 20.8. The van der Waals surface area contributed by atoms with Crippen LogP contribution in [0.1, 0.15) is 5.56 Å². The van der Waals surface area contributed by atoms with Gasteiger partial charge in [-0.3, -0.25) is 4.79 Å². The zero-order chi connectivity index (χ0) is 9.47. The summed E-state index contributed by atoms with van der Waals surface area (Å²) in [7, 11) is 0. The maximum absolute atomic E-state index is 11.2. The Hall–Kier alpha value is -1.86. The highest BCUT2D eigenvalue weighted by Gasteiger charge is 2.45. The van der Waals surface area contributed by atoms with Crippen molar-refractivity contribution in [3.05, 3.63) is 29.8 Å². The van der Waals surface area contributed by atoms with Gasteiger partial charge in [0, 0.05) is 11.3 Å². The van der Waals surface area contributed by atoms with Crippen LogP contribution >= 0.6 is 0 Å². The van der Waals surface area contributed by atoms with E-state index in [-0.39, 0.29) is 0 Å². The van der Waals surface area contributed by atoms with E-state index in [0.717, 1.165) is 0 Å². The van der Waals surface area contributed by atoms with Crippen molar-refractivity contribution in [2.75, 3.05) is 5.32 Å². The van der Waals surface area contributed by atoms with Gasteiger partial charge in [0.05, 0.1) is 0 Å². The Bertz CT molecular complexity index is 422. The van der Waals surface area contributed by atoms with Crippen LogP contribution in [0.2, 0.25) is 0 Å². The summed E-state index contributed by atoms with van der Waals surface area (Å²) >= 11 is 0. The van der Waals surface area contributed by atoms with E-state index in [2.05, 4.69) is 5.32 Å². The van der Waals surface area contributed by atoms with Crippen LogP contribution in [0.25, 0.3) is 0 Å². The number of benzene rings is 1. The topological polar surface area (TPSA) is 73.1 Å². The normalized spacial score (nSPS) is 24.8. The number of nitrogens with zero attached hydrogens (tertiary/aromatic N) is 1. The van der Waals surface area contributed by atoms with Gasteiger partial charge in [0.25, 0.3) is 11.5 Å². The van der Waals surface area contributed by atoms with Gasteiger partial charge < -0.3 is 10.4 Å². The first-order chi connectivity index (χ1) is 6.18. The molecule has 0 aliphatic carbocycles. The highest BCUT2D eigenvalue weighted by Crippen LogP contribution is 2.34. The fourth-order valence-electron chi connectivity index (χ4n) is 1.35. The lowest BCUT2D eigenvalue weighted by Gasteiger charge is -2.09. The second-order valence-electron chi connectivity index (χ2n) is 2.82. The van der Waals surface area contributed by atoms with Crippen molar-refractivity contribution in [2.24, 2.45) is 0 Å². The molecule has 13 heavy (non-hydrogen) atoms. The molecule has 64 valence electrons. The quantitative estimate of drug-likeness (QED) is 0.557. The molecule has 1 aliphatic rings. The molecule has 2 N–H and O–H groups in total. The summed E-state index contributed by atoms with van der Waals surface area (Å²) in [6.45, 7) is 0. The lowest BCUT2D eigenvalue weighted by Crippen LogP contribution is -2.32. The third kappa shape index (κ3) is 0.848. The van der Waals surface area contributed by atoms with E-state index in [0.29, 0.717) is 11.3 Å². The fourth-order valence-corrected chi connectivity index (χ4v) is 1.35. The highest BCUT2D eigenvalue weighted by molar-refractivity contribution is 6.06. The molecule has 1 aromatic carbocycles. The summed E-state index contributed by atoms with van der Waals surface area (Å²) in [5.41, 5.74) is -1.20. The monoisotopic (exact) mass is 174 g/mol. The van der Waals surface area contributed by atoms with E-state index in [1.165, 1.54) is 0 Å². The first-order valence-corrected chi connectivity index (χ1v) is 3.73.